The zero-order valence-electron chi connectivity index (χ0n) is 16.0. The number of halogens is 1. The molecule has 1 aromatic heterocycles. The summed E-state index contributed by atoms with van der Waals surface area (Å²) >= 11 is 0. The fourth-order valence-corrected chi connectivity index (χ4v) is 3.42. The Hall–Kier alpha value is -1.70. The van der Waals surface area contributed by atoms with Crippen molar-refractivity contribution in [3.63, 3.8) is 0 Å². The van der Waals surface area contributed by atoms with Gasteiger partial charge in [0, 0.05) is 26.2 Å². The Kier molecular flexibility index (Phi) is 7.37. The SMILES string of the molecule is COc1ccc(Cn2nnnc2C(C(C)C)N2CCN(C)CC2)cc1.Cl. The van der Waals surface area contributed by atoms with Crippen molar-refractivity contribution in [1.29, 1.82) is 0 Å². The van der Waals surface area contributed by atoms with Crippen LogP contribution in [0.4, 0.5) is 0 Å². The van der Waals surface area contributed by atoms with E-state index in [4.69, 9.17) is 4.74 Å². The Morgan fingerprint density at radius 3 is 2.31 bits per heavy atom. The summed E-state index contributed by atoms with van der Waals surface area (Å²) in [5.74, 6) is 2.26. The normalized spacial score (nSPS) is 17.1. The van der Waals surface area contributed by atoms with Crippen molar-refractivity contribution in [2.75, 3.05) is 40.3 Å². The van der Waals surface area contributed by atoms with Crippen molar-refractivity contribution >= 4 is 12.4 Å². The van der Waals surface area contributed by atoms with E-state index in [1.165, 1.54) is 0 Å². The van der Waals surface area contributed by atoms with E-state index in [-0.39, 0.29) is 18.4 Å². The number of hydrogen-bond donors (Lipinski definition) is 0. The van der Waals surface area contributed by atoms with Gasteiger partial charge in [-0.3, -0.25) is 4.90 Å². The number of hydrogen-bond acceptors (Lipinski definition) is 6. The van der Waals surface area contributed by atoms with Crippen LogP contribution in [-0.2, 0) is 6.54 Å². The molecule has 1 saturated heterocycles. The average Bonchev–Trinajstić information content (AvgIpc) is 3.05. The molecular weight excluding hydrogens is 352 g/mol. The van der Waals surface area contributed by atoms with E-state index < -0.39 is 0 Å². The van der Waals surface area contributed by atoms with E-state index in [1.54, 1.807) is 7.11 Å². The molecule has 0 saturated carbocycles. The molecule has 26 heavy (non-hydrogen) atoms. The van der Waals surface area contributed by atoms with Gasteiger partial charge in [0.05, 0.1) is 19.7 Å². The van der Waals surface area contributed by atoms with E-state index in [0.29, 0.717) is 12.5 Å². The number of ether oxygens (including phenoxy) is 1. The fraction of sp³-hybridized carbons (Fsp3) is 0.611. The van der Waals surface area contributed by atoms with Crippen LogP contribution >= 0.6 is 12.4 Å². The molecule has 0 amide bonds. The van der Waals surface area contributed by atoms with E-state index >= 15 is 0 Å². The molecule has 144 valence electrons. The molecule has 0 bridgehead atoms. The highest BCUT2D eigenvalue weighted by molar-refractivity contribution is 5.85. The van der Waals surface area contributed by atoms with Crippen molar-refractivity contribution in [3.05, 3.63) is 35.7 Å². The zero-order valence-corrected chi connectivity index (χ0v) is 16.8. The maximum absolute atomic E-state index is 5.23. The van der Waals surface area contributed by atoms with Crippen LogP contribution in [0.1, 0.15) is 31.3 Å². The smallest absolute Gasteiger partial charge is 0.169 e. The van der Waals surface area contributed by atoms with E-state index in [1.807, 2.05) is 16.8 Å². The van der Waals surface area contributed by atoms with Crippen LogP contribution in [0.3, 0.4) is 0 Å². The fourth-order valence-electron chi connectivity index (χ4n) is 3.42. The first-order valence-corrected chi connectivity index (χ1v) is 8.90. The number of benzene rings is 1. The van der Waals surface area contributed by atoms with Crippen LogP contribution in [0.25, 0.3) is 0 Å². The number of methoxy groups -OCH3 is 1. The molecule has 1 unspecified atom stereocenters. The molecule has 2 aromatic rings. The summed E-state index contributed by atoms with van der Waals surface area (Å²) in [6.07, 6.45) is 0. The molecule has 2 heterocycles. The largest absolute Gasteiger partial charge is 0.497 e. The molecule has 0 radical (unpaired) electrons. The lowest BCUT2D eigenvalue weighted by Crippen LogP contribution is -2.47. The molecule has 0 aliphatic carbocycles. The second kappa shape index (κ2) is 9.30. The molecule has 1 atom stereocenters. The quantitative estimate of drug-likeness (QED) is 0.764. The van der Waals surface area contributed by atoms with Crippen molar-refractivity contribution in [3.8, 4) is 5.75 Å². The summed E-state index contributed by atoms with van der Waals surface area (Å²) in [7, 11) is 3.85. The third kappa shape index (κ3) is 4.72. The Morgan fingerprint density at radius 1 is 1.08 bits per heavy atom. The Balaban J connectivity index is 0.00000243. The maximum atomic E-state index is 5.23. The van der Waals surface area contributed by atoms with Crippen LogP contribution in [-0.4, -0.2) is 70.3 Å². The lowest BCUT2D eigenvalue weighted by atomic mass is 10.0. The van der Waals surface area contributed by atoms with Crippen LogP contribution in [0.15, 0.2) is 24.3 Å². The number of rotatable bonds is 6. The molecular formula is C18H29ClN6O. The molecule has 7 nitrogen and oxygen atoms in total. The number of nitrogens with zero attached hydrogens (tertiary/aromatic N) is 6. The second-order valence-electron chi connectivity index (χ2n) is 7.07. The van der Waals surface area contributed by atoms with Gasteiger partial charge in [-0.2, -0.15) is 0 Å². The number of aromatic nitrogens is 4. The van der Waals surface area contributed by atoms with Gasteiger partial charge in [0.1, 0.15) is 5.75 Å². The predicted octanol–water partition coefficient (Wildman–Crippen LogP) is 2.10. The molecule has 3 rings (SSSR count). The molecule has 8 heteroatoms. The van der Waals surface area contributed by atoms with Gasteiger partial charge in [0.25, 0.3) is 0 Å². The standard InChI is InChI=1S/C18H28N6O.ClH/c1-14(2)17(23-11-9-22(3)10-12-23)18-19-20-21-24(18)13-15-5-7-16(25-4)8-6-15;/h5-8,14,17H,9-13H2,1-4H3;1H. The van der Waals surface area contributed by atoms with Gasteiger partial charge >= 0.3 is 0 Å². The molecule has 0 spiro atoms. The number of tetrazole rings is 1. The van der Waals surface area contributed by atoms with Crippen molar-refractivity contribution in [2.45, 2.75) is 26.4 Å². The highest BCUT2D eigenvalue weighted by atomic mass is 35.5. The minimum Gasteiger partial charge on any atom is -0.497 e. The molecule has 1 aliphatic heterocycles. The van der Waals surface area contributed by atoms with Crippen molar-refractivity contribution in [1.82, 2.24) is 30.0 Å². The first-order chi connectivity index (χ1) is 12.1. The zero-order chi connectivity index (χ0) is 17.8. The Labute approximate surface area is 161 Å². The summed E-state index contributed by atoms with van der Waals surface area (Å²) < 4.78 is 7.16. The van der Waals surface area contributed by atoms with Crippen LogP contribution in [0.2, 0.25) is 0 Å². The lowest BCUT2D eigenvalue weighted by Gasteiger charge is -2.39. The van der Waals surface area contributed by atoms with Crippen LogP contribution < -0.4 is 4.74 Å². The van der Waals surface area contributed by atoms with E-state index in [2.05, 4.69) is 58.4 Å². The van der Waals surface area contributed by atoms with Gasteiger partial charge in [0.15, 0.2) is 5.82 Å². The van der Waals surface area contributed by atoms with Crippen LogP contribution in [0, 0.1) is 5.92 Å². The summed E-state index contributed by atoms with van der Waals surface area (Å²) in [4.78, 5) is 4.88. The van der Waals surface area contributed by atoms with Gasteiger partial charge in [0.2, 0.25) is 0 Å². The van der Waals surface area contributed by atoms with Gasteiger partial charge in [-0.15, -0.1) is 17.5 Å². The summed E-state index contributed by atoms with van der Waals surface area (Å²) in [5, 5.41) is 12.6. The van der Waals surface area contributed by atoms with Crippen molar-refractivity contribution in [2.24, 2.45) is 5.92 Å². The van der Waals surface area contributed by atoms with Gasteiger partial charge < -0.3 is 9.64 Å². The summed E-state index contributed by atoms with van der Waals surface area (Å²) in [6.45, 7) is 9.43. The second-order valence-corrected chi connectivity index (χ2v) is 7.07. The monoisotopic (exact) mass is 380 g/mol. The minimum absolute atomic E-state index is 0. The highest BCUT2D eigenvalue weighted by Crippen LogP contribution is 2.28. The molecule has 1 aromatic carbocycles. The molecule has 0 N–H and O–H groups in total. The van der Waals surface area contributed by atoms with Crippen LogP contribution in [0.5, 0.6) is 5.75 Å². The number of likely N-dealkylation sites (N-methyl/N-ethyl adjacent to an activating group) is 1. The Morgan fingerprint density at radius 2 is 1.73 bits per heavy atom. The summed E-state index contributed by atoms with van der Waals surface area (Å²) in [5.41, 5.74) is 1.16. The first-order valence-electron chi connectivity index (χ1n) is 8.90. The Bertz CT molecular complexity index is 667. The summed E-state index contributed by atoms with van der Waals surface area (Å²) in [6, 6.07) is 8.30. The van der Waals surface area contributed by atoms with Gasteiger partial charge in [-0.25, -0.2) is 4.68 Å². The minimum atomic E-state index is 0. The first kappa shape index (κ1) is 20.6. The third-order valence-electron chi connectivity index (χ3n) is 4.88. The predicted molar refractivity (Wildman–Crippen MR) is 104 cm³/mol. The third-order valence-corrected chi connectivity index (χ3v) is 4.88. The van der Waals surface area contributed by atoms with E-state index in [9.17, 15) is 0 Å². The van der Waals surface area contributed by atoms with Gasteiger partial charge in [-0.1, -0.05) is 26.0 Å². The highest BCUT2D eigenvalue weighted by Gasteiger charge is 2.30. The number of piperazine rings is 1. The lowest BCUT2D eigenvalue weighted by molar-refractivity contribution is 0.0812. The average molecular weight is 381 g/mol. The molecule has 1 fully saturated rings. The topological polar surface area (TPSA) is 59.3 Å². The van der Waals surface area contributed by atoms with Gasteiger partial charge in [-0.05, 0) is 41.1 Å². The van der Waals surface area contributed by atoms with Crippen molar-refractivity contribution < 1.29 is 4.74 Å². The van der Waals surface area contributed by atoms with E-state index in [0.717, 1.165) is 43.3 Å². The molecule has 1 aliphatic rings. The maximum Gasteiger partial charge on any atom is 0.169 e.